The second kappa shape index (κ2) is 3.89. The number of aryl methyl sites for hydroxylation is 1. The summed E-state index contributed by atoms with van der Waals surface area (Å²) in [5.41, 5.74) is 0.918. The first-order chi connectivity index (χ1) is 6.19. The first-order valence-electron chi connectivity index (χ1n) is 3.95. The van der Waals surface area contributed by atoms with Gasteiger partial charge in [-0.3, -0.25) is 0 Å². The minimum Gasteiger partial charge on any atom is -0.494 e. The first kappa shape index (κ1) is 9.51. The number of pyridine rings is 1. The Morgan fingerprint density at radius 2 is 2.38 bits per heavy atom. The van der Waals surface area contributed by atoms with Crippen molar-refractivity contribution < 1.29 is 14.6 Å². The van der Waals surface area contributed by atoms with Crippen LogP contribution in [0.25, 0.3) is 0 Å². The van der Waals surface area contributed by atoms with Gasteiger partial charge in [0, 0.05) is 6.20 Å². The topological polar surface area (TPSA) is 59.4 Å². The SMILES string of the molecule is CCc1cnc(C(=O)O)c(OC)c1. The van der Waals surface area contributed by atoms with E-state index in [9.17, 15) is 4.79 Å². The van der Waals surface area contributed by atoms with Crippen molar-refractivity contribution in [3.8, 4) is 5.75 Å². The van der Waals surface area contributed by atoms with E-state index >= 15 is 0 Å². The van der Waals surface area contributed by atoms with E-state index in [1.165, 1.54) is 7.11 Å². The Labute approximate surface area is 76.2 Å². The van der Waals surface area contributed by atoms with Crippen LogP contribution in [-0.4, -0.2) is 23.2 Å². The van der Waals surface area contributed by atoms with E-state index in [4.69, 9.17) is 9.84 Å². The van der Waals surface area contributed by atoms with Gasteiger partial charge in [-0.1, -0.05) is 6.92 Å². The van der Waals surface area contributed by atoms with Crippen LogP contribution in [0.5, 0.6) is 5.75 Å². The molecule has 1 heterocycles. The maximum absolute atomic E-state index is 10.6. The lowest BCUT2D eigenvalue weighted by molar-refractivity contribution is 0.0686. The fourth-order valence-corrected chi connectivity index (χ4v) is 0.995. The van der Waals surface area contributed by atoms with E-state index in [-0.39, 0.29) is 5.69 Å². The molecule has 13 heavy (non-hydrogen) atoms. The van der Waals surface area contributed by atoms with Gasteiger partial charge >= 0.3 is 5.97 Å². The lowest BCUT2D eigenvalue weighted by Crippen LogP contribution is -2.04. The summed E-state index contributed by atoms with van der Waals surface area (Å²) in [6, 6.07) is 1.69. The third-order valence-electron chi connectivity index (χ3n) is 1.74. The third kappa shape index (κ3) is 1.96. The Bertz CT molecular complexity index is 323. The van der Waals surface area contributed by atoms with Crippen LogP contribution < -0.4 is 4.74 Å². The lowest BCUT2D eigenvalue weighted by atomic mass is 10.2. The van der Waals surface area contributed by atoms with Gasteiger partial charge in [0.15, 0.2) is 11.4 Å². The number of ether oxygens (including phenoxy) is 1. The minimum absolute atomic E-state index is 0.0419. The molecule has 0 aliphatic carbocycles. The highest BCUT2D eigenvalue weighted by molar-refractivity contribution is 5.88. The quantitative estimate of drug-likeness (QED) is 0.764. The summed E-state index contributed by atoms with van der Waals surface area (Å²) in [6.45, 7) is 1.97. The fraction of sp³-hybridized carbons (Fsp3) is 0.333. The van der Waals surface area contributed by atoms with Gasteiger partial charge in [-0.15, -0.1) is 0 Å². The molecule has 70 valence electrons. The lowest BCUT2D eigenvalue weighted by Gasteiger charge is -2.04. The second-order valence-electron chi connectivity index (χ2n) is 2.55. The molecule has 0 saturated carbocycles. The molecule has 0 aliphatic rings. The highest BCUT2D eigenvalue weighted by Crippen LogP contribution is 2.17. The highest BCUT2D eigenvalue weighted by atomic mass is 16.5. The average Bonchev–Trinajstić information content (AvgIpc) is 2.16. The number of nitrogens with zero attached hydrogens (tertiary/aromatic N) is 1. The second-order valence-corrected chi connectivity index (χ2v) is 2.55. The van der Waals surface area contributed by atoms with Gasteiger partial charge < -0.3 is 9.84 Å². The van der Waals surface area contributed by atoms with E-state index in [2.05, 4.69) is 4.98 Å². The zero-order chi connectivity index (χ0) is 9.84. The van der Waals surface area contributed by atoms with Gasteiger partial charge in [0.2, 0.25) is 0 Å². The van der Waals surface area contributed by atoms with Crippen molar-refractivity contribution in [1.82, 2.24) is 4.98 Å². The molecule has 0 aromatic carbocycles. The van der Waals surface area contributed by atoms with E-state index in [1.807, 2.05) is 6.92 Å². The van der Waals surface area contributed by atoms with Crippen molar-refractivity contribution in [3.05, 3.63) is 23.5 Å². The molecule has 0 radical (unpaired) electrons. The van der Waals surface area contributed by atoms with Gasteiger partial charge in [0.1, 0.15) is 0 Å². The molecule has 0 atom stereocenters. The summed E-state index contributed by atoms with van der Waals surface area (Å²) in [7, 11) is 1.43. The van der Waals surface area contributed by atoms with Gasteiger partial charge in [0.05, 0.1) is 7.11 Å². The zero-order valence-electron chi connectivity index (χ0n) is 7.57. The van der Waals surface area contributed by atoms with Crippen LogP contribution >= 0.6 is 0 Å². The molecule has 1 N–H and O–H groups in total. The molecule has 0 aliphatic heterocycles. The van der Waals surface area contributed by atoms with E-state index < -0.39 is 5.97 Å². The molecule has 1 rings (SSSR count). The maximum atomic E-state index is 10.6. The number of aromatic nitrogens is 1. The van der Waals surface area contributed by atoms with Crippen molar-refractivity contribution in [2.24, 2.45) is 0 Å². The van der Waals surface area contributed by atoms with E-state index in [0.29, 0.717) is 5.75 Å². The summed E-state index contributed by atoms with van der Waals surface area (Å²) >= 11 is 0. The molecule has 4 nitrogen and oxygen atoms in total. The summed E-state index contributed by atoms with van der Waals surface area (Å²) in [4.78, 5) is 14.4. The van der Waals surface area contributed by atoms with Crippen LogP contribution in [0.4, 0.5) is 0 Å². The molecule has 0 bridgehead atoms. The number of methoxy groups -OCH3 is 1. The number of aromatic carboxylic acids is 1. The van der Waals surface area contributed by atoms with Crippen molar-refractivity contribution >= 4 is 5.97 Å². The number of rotatable bonds is 3. The zero-order valence-corrected chi connectivity index (χ0v) is 7.57. The molecule has 4 heteroatoms. The molecular formula is C9H11NO3. The highest BCUT2D eigenvalue weighted by Gasteiger charge is 2.12. The van der Waals surface area contributed by atoms with E-state index in [1.54, 1.807) is 12.3 Å². The average molecular weight is 181 g/mol. The Hall–Kier alpha value is -1.58. The van der Waals surface area contributed by atoms with Crippen molar-refractivity contribution in [1.29, 1.82) is 0 Å². The number of carboxylic acids is 1. The monoisotopic (exact) mass is 181 g/mol. The number of carboxylic acid groups (broad SMARTS) is 1. The van der Waals surface area contributed by atoms with Crippen molar-refractivity contribution in [2.75, 3.05) is 7.11 Å². The Morgan fingerprint density at radius 3 is 2.85 bits per heavy atom. The smallest absolute Gasteiger partial charge is 0.358 e. The fourth-order valence-electron chi connectivity index (χ4n) is 0.995. The minimum atomic E-state index is -1.07. The van der Waals surface area contributed by atoms with Crippen LogP contribution in [-0.2, 0) is 6.42 Å². The molecule has 0 spiro atoms. The first-order valence-corrected chi connectivity index (χ1v) is 3.95. The number of hydrogen-bond donors (Lipinski definition) is 1. The summed E-state index contributed by atoms with van der Waals surface area (Å²) in [5, 5.41) is 8.72. The molecular weight excluding hydrogens is 170 g/mol. The molecule has 0 saturated heterocycles. The summed E-state index contributed by atoms with van der Waals surface area (Å²) in [5.74, 6) is -0.758. The van der Waals surface area contributed by atoms with Crippen LogP contribution in [0.3, 0.4) is 0 Å². The number of hydrogen-bond acceptors (Lipinski definition) is 3. The molecule has 1 aromatic heterocycles. The predicted molar refractivity (Wildman–Crippen MR) is 47.1 cm³/mol. The molecule has 1 aromatic rings. The van der Waals surface area contributed by atoms with E-state index in [0.717, 1.165) is 12.0 Å². The van der Waals surface area contributed by atoms with Gasteiger partial charge in [0.25, 0.3) is 0 Å². The molecule has 0 fully saturated rings. The standard InChI is InChI=1S/C9H11NO3/c1-3-6-4-7(13-2)8(9(11)12)10-5-6/h4-5H,3H2,1-2H3,(H,11,12). The van der Waals surface area contributed by atoms with Crippen LogP contribution in [0.2, 0.25) is 0 Å². The van der Waals surface area contributed by atoms with Crippen molar-refractivity contribution in [2.45, 2.75) is 13.3 Å². The van der Waals surface area contributed by atoms with Crippen LogP contribution in [0, 0.1) is 0 Å². The van der Waals surface area contributed by atoms with Crippen LogP contribution in [0.15, 0.2) is 12.3 Å². The Kier molecular flexibility index (Phi) is 2.84. The summed E-state index contributed by atoms with van der Waals surface area (Å²) < 4.78 is 4.91. The predicted octanol–water partition coefficient (Wildman–Crippen LogP) is 1.35. The van der Waals surface area contributed by atoms with Crippen LogP contribution in [0.1, 0.15) is 23.0 Å². The third-order valence-corrected chi connectivity index (χ3v) is 1.74. The Balaban J connectivity index is 3.15. The van der Waals surface area contributed by atoms with Gasteiger partial charge in [-0.2, -0.15) is 0 Å². The number of carbonyl (C=O) groups is 1. The molecule has 0 unspecified atom stereocenters. The largest absolute Gasteiger partial charge is 0.494 e. The maximum Gasteiger partial charge on any atom is 0.358 e. The normalized spacial score (nSPS) is 9.69. The van der Waals surface area contributed by atoms with Gasteiger partial charge in [-0.05, 0) is 18.1 Å². The van der Waals surface area contributed by atoms with Crippen molar-refractivity contribution in [3.63, 3.8) is 0 Å². The van der Waals surface area contributed by atoms with Gasteiger partial charge in [-0.25, -0.2) is 9.78 Å². The Morgan fingerprint density at radius 1 is 1.69 bits per heavy atom. The molecule has 0 amide bonds. The summed E-state index contributed by atoms with van der Waals surface area (Å²) in [6.07, 6.45) is 2.36.